The van der Waals surface area contributed by atoms with Gasteiger partial charge in [0.05, 0.1) is 6.61 Å². The molecule has 1 N–H and O–H groups in total. The quantitative estimate of drug-likeness (QED) is 0.861. The lowest BCUT2D eigenvalue weighted by Gasteiger charge is -2.26. The number of aliphatic hydroxyl groups excluding tert-OH is 1. The highest BCUT2D eigenvalue weighted by Gasteiger charge is 2.53. The summed E-state index contributed by atoms with van der Waals surface area (Å²) >= 11 is 1.83. The molecule has 2 aliphatic carbocycles. The normalized spacial score (nSPS) is 25.1. The predicted molar refractivity (Wildman–Crippen MR) is 80.3 cm³/mol. The second kappa shape index (κ2) is 5.94. The standard InChI is InChI=1S/C16H25NOS/c18-9-8-17(13-15-5-4-10-19-15)12-14-11-16(14)6-2-1-3-7-16/h4-5,10,14,18H,1-3,6-9,11-13H2. The van der Waals surface area contributed by atoms with Crippen LogP contribution in [-0.2, 0) is 6.54 Å². The molecule has 0 bridgehead atoms. The van der Waals surface area contributed by atoms with Gasteiger partial charge in [0.1, 0.15) is 0 Å². The zero-order valence-corrected chi connectivity index (χ0v) is 12.5. The van der Waals surface area contributed by atoms with Crippen LogP contribution in [0.4, 0.5) is 0 Å². The van der Waals surface area contributed by atoms with Crippen LogP contribution in [0.2, 0.25) is 0 Å². The van der Waals surface area contributed by atoms with Crippen LogP contribution in [-0.4, -0.2) is 29.7 Å². The summed E-state index contributed by atoms with van der Waals surface area (Å²) in [7, 11) is 0. The molecule has 0 amide bonds. The molecule has 2 fully saturated rings. The molecule has 1 spiro atoms. The lowest BCUT2D eigenvalue weighted by Crippen LogP contribution is -2.30. The summed E-state index contributed by atoms with van der Waals surface area (Å²) in [5.41, 5.74) is 0.710. The minimum Gasteiger partial charge on any atom is -0.395 e. The highest BCUT2D eigenvalue weighted by atomic mass is 32.1. The van der Waals surface area contributed by atoms with E-state index in [1.165, 1.54) is 49.9 Å². The minimum absolute atomic E-state index is 0.283. The van der Waals surface area contributed by atoms with Gasteiger partial charge in [-0.15, -0.1) is 11.3 Å². The van der Waals surface area contributed by atoms with Gasteiger partial charge in [-0.3, -0.25) is 4.90 Å². The molecule has 2 aliphatic rings. The maximum absolute atomic E-state index is 9.26. The third-order valence-corrected chi connectivity index (χ3v) is 5.92. The molecule has 1 aromatic heterocycles. The smallest absolute Gasteiger partial charge is 0.0558 e. The number of thiophene rings is 1. The Hall–Kier alpha value is -0.380. The van der Waals surface area contributed by atoms with E-state index < -0.39 is 0 Å². The van der Waals surface area contributed by atoms with Crippen molar-refractivity contribution in [1.29, 1.82) is 0 Å². The van der Waals surface area contributed by atoms with E-state index in [4.69, 9.17) is 0 Å². The number of hydrogen-bond donors (Lipinski definition) is 1. The Labute approximate surface area is 120 Å². The average Bonchev–Trinajstić information content (AvgIpc) is 2.86. The van der Waals surface area contributed by atoms with Gasteiger partial charge in [0.25, 0.3) is 0 Å². The van der Waals surface area contributed by atoms with Crippen molar-refractivity contribution in [2.75, 3.05) is 19.7 Å². The Bertz CT molecular complexity index is 383. The molecule has 1 aromatic rings. The Kier molecular flexibility index (Phi) is 4.25. The van der Waals surface area contributed by atoms with E-state index in [0.717, 1.165) is 19.0 Å². The molecule has 0 radical (unpaired) electrons. The monoisotopic (exact) mass is 279 g/mol. The maximum atomic E-state index is 9.26. The fourth-order valence-corrected chi connectivity index (χ4v) is 4.62. The molecule has 0 aliphatic heterocycles. The van der Waals surface area contributed by atoms with E-state index in [2.05, 4.69) is 22.4 Å². The van der Waals surface area contributed by atoms with Crippen LogP contribution in [0.15, 0.2) is 17.5 Å². The first-order chi connectivity index (χ1) is 9.32. The van der Waals surface area contributed by atoms with Gasteiger partial charge in [0.2, 0.25) is 0 Å². The van der Waals surface area contributed by atoms with Crippen molar-refractivity contribution >= 4 is 11.3 Å². The van der Waals surface area contributed by atoms with Crippen molar-refractivity contribution in [2.45, 2.75) is 45.1 Å². The molecule has 0 aromatic carbocycles. The molecule has 3 rings (SSSR count). The van der Waals surface area contributed by atoms with E-state index in [9.17, 15) is 5.11 Å². The zero-order valence-electron chi connectivity index (χ0n) is 11.7. The van der Waals surface area contributed by atoms with E-state index in [1.807, 2.05) is 11.3 Å². The van der Waals surface area contributed by atoms with Gasteiger partial charge in [0.15, 0.2) is 0 Å². The second-order valence-electron chi connectivity index (χ2n) is 6.36. The van der Waals surface area contributed by atoms with E-state index in [-0.39, 0.29) is 6.61 Å². The fourth-order valence-electron chi connectivity index (χ4n) is 3.87. The van der Waals surface area contributed by atoms with Gasteiger partial charge in [-0.1, -0.05) is 25.3 Å². The van der Waals surface area contributed by atoms with Gasteiger partial charge in [-0.2, -0.15) is 0 Å². The summed E-state index contributed by atoms with van der Waals surface area (Å²) < 4.78 is 0. The number of rotatable bonds is 6. The molecule has 0 saturated heterocycles. The fraction of sp³-hybridized carbons (Fsp3) is 0.750. The number of hydrogen-bond acceptors (Lipinski definition) is 3. The van der Waals surface area contributed by atoms with E-state index in [1.54, 1.807) is 0 Å². The van der Waals surface area contributed by atoms with Crippen molar-refractivity contribution in [1.82, 2.24) is 4.90 Å². The van der Waals surface area contributed by atoms with Gasteiger partial charge in [0, 0.05) is 24.5 Å². The molecular formula is C16H25NOS. The Morgan fingerprint density at radius 1 is 1.32 bits per heavy atom. The van der Waals surface area contributed by atoms with Crippen LogP contribution in [0, 0.1) is 11.3 Å². The molecule has 2 nitrogen and oxygen atoms in total. The lowest BCUT2D eigenvalue weighted by atomic mass is 9.84. The second-order valence-corrected chi connectivity index (χ2v) is 7.39. The van der Waals surface area contributed by atoms with Gasteiger partial charge in [-0.05, 0) is 42.0 Å². The molecule has 1 unspecified atom stereocenters. The SMILES string of the molecule is OCCN(Cc1cccs1)CC1CC12CCCCC2. The summed E-state index contributed by atoms with van der Waals surface area (Å²) in [5.74, 6) is 0.902. The lowest BCUT2D eigenvalue weighted by molar-refractivity contribution is 0.172. The average molecular weight is 279 g/mol. The molecule has 19 heavy (non-hydrogen) atoms. The van der Waals surface area contributed by atoms with Crippen LogP contribution in [0.3, 0.4) is 0 Å². The third kappa shape index (κ3) is 3.21. The molecule has 1 heterocycles. The van der Waals surface area contributed by atoms with E-state index in [0.29, 0.717) is 5.41 Å². The number of nitrogens with zero attached hydrogens (tertiary/aromatic N) is 1. The Morgan fingerprint density at radius 3 is 2.84 bits per heavy atom. The third-order valence-electron chi connectivity index (χ3n) is 5.06. The summed E-state index contributed by atoms with van der Waals surface area (Å²) in [6, 6.07) is 4.33. The van der Waals surface area contributed by atoms with Crippen molar-refractivity contribution in [3.8, 4) is 0 Å². The molecule has 1 atom stereocenters. The largest absolute Gasteiger partial charge is 0.395 e. The van der Waals surface area contributed by atoms with Gasteiger partial charge in [-0.25, -0.2) is 0 Å². The van der Waals surface area contributed by atoms with Crippen molar-refractivity contribution in [3.05, 3.63) is 22.4 Å². The van der Waals surface area contributed by atoms with Crippen molar-refractivity contribution in [2.24, 2.45) is 11.3 Å². The van der Waals surface area contributed by atoms with Crippen LogP contribution >= 0.6 is 11.3 Å². The highest BCUT2D eigenvalue weighted by molar-refractivity contribution is 7.09. The van der Waals surface area contributed by atoms with Crippen LogP contribution < -0.4 is 0 Å². The first-order valence-corrected chi connectivity index (χ1v) is 8.56. The van der Waals surface area contributed by atoms with E-state index >= 15 is 0 Å². The molecule has 2 saturated carbocycles. The van der Waals surface area contributed by atoms with Crippen LogP contribution in [0.25, 0.3) is 0 Å². The molecular weight excluding hydrogens is 254 g/mol. The highest BCUT2D eigenvalue weighted by Crippen LogP contribution is 2.61. The summed E-state index contributed by atoms with van der Waals surface area (Å²) in [6.07, 6.45) is 8.71. The zero-order chi connectivity index (χ0) is 13.1. The topological polar surface area (TPSA) is 23.5 Å². The number of aliphatic hydroxyl groups is 1. The van der Waals surface area contributed by atoms with Gasteiger partial charge < -0.3 is 5.11 Å². The summed E-state index contributed by atoms with van der Waals surface area (Å²) in [5, 5.41) is 11.4. The summed E-state index contributed by atoms with van der Waals surface area (Å²) in [6.45, 7) is 3.32. The van der Waals surface area contributed by atoms with Crippen LogP contribution in [0.5, 0.6) is 0 Å². The Morgan fingerprint density at radius 2 is 2.16 bits per heavy atom. The minimum atomic E-state index is 0.283. The van der Waals surface area contributed by atoms with Gasteiger partial charge >= 0.3 is 0 Å². The predicted octanol–water partition coefficient (Wildman–Crippen LogP) is 3.51. The first-order valence-electron chi connectivity index (χ1n) is 7.68. The molecule has 106 valence electrons. The van der Waals surface area contributed by atoms with Crippen molar-refractivity contribution < 1.29 is 5.11 Å². The summed E-state index contributed by atoms with van der Waals surface area (Å²) in [4.78, 5) is 3.88. The maximum Gasteiger partial charge on any atom is 0.0558 e. The van der Waals surface area contributed by atoms with Crippen molar-refractivity contribution in [3.63, 3.8) is 0 Å². The Balaban J connectivity index is 1.54. The van der Waals surface area contributed by atoms with Crippen LogP contribution in [0.1, 0.15) is 43.4 Å². The first kappa shape index (κ1) is 13.6. The molecule has 3 heteroatoms.